The number of hydrogen-bond acceptors (Lipinski definition) is 6. The topological polar surface area (TPSA) is 106 Å². The van der Waals surface area contributed by atoms with Crippen molar-refractivity contribution in [3.8, 4) is 11.1 Å². The standard InChI is InChI=1S/C19H23N7O2/c1-4-7-15(25-28-3)16-10-14(13-8-6-9-20-12-13)11-17-22-18(24-26(16)17)23-19(27)21-5-2/h6,8-12H,4-5,7H2,1-3H3,(H2,21,23,24,27). The molecule has 9 nitrogen and oxygen atoms in total. The molecule has 0 bridgehead atoms. The Morgan fingerprint density at radius 3 is 2.82 bits per heavy atom. The zero-order valence-corrected chi connectivity index (χ0v) is 16.1. The maximum atomic E-state index is 11.8. The summed E-state index contributed by atoms with van der Waals surface area (Å²) in [4.78, 5) is 25.5. The summed E-state index contributed by atoms with van der Waals surface area (Å²) in [7, 11) is 1.52. The number of hydrogen-bond donors (Lipinski definition) is 2. The number of carbonyl (C=O) groups is 1. The quantitative estimate of drug-likeness (QED) is 0.483. The Labute approximate surface area is 162 Å². The van der Waals surface area contributed by atoms with E-state index >= 15 is 0 Å². The number of nitrogens with one attached hydrogen (secondary N) is 2. The molecule has 0 fully saturated rings. The number of urea groups is 1. The molecule has 9 heteroatoms. The van der Waals surface area contributed by atoms with E-state index in [1.54, 1.807) is 16.9 Å². The minimum Gasteiger partial charge on any atom is -0.399 e. The zero-order valence-electron chi connectivity index (χ0n) is 16.1. The molecule has 0 aromatic carbocycles. The lowest BCUT2D eigenvalue weighted by atomic mass is 10.0. The molecule has 3 rings (SSSR count). The van der Waals surface area contributed by atoms with Crippen LogP contribution in [0.1, 0.15) is 32.4 Å². The molecule has 0 aliphatic rings. The molecule has 0 radical (unpaired) electrons. The van der Waals surface area contributed by atoms with Gasteiger partial charge < -0.3 is 10.2 Å². The van der Waals surface area contributed by atoms with Crippen LogP contribution in [0.2, 0.25) is 0 Å². The Hall–Kier alpha value is -3.49. The monoisotopic (exact) mass is 381 g/mol. The number of carbonyl (C=O) groups excluding carboxylic acids is 1. The van der Waals surface area contributed by atoms with Crippen LogP contribution in [-0.4, -0.2) is 45.0 Å². The molecule has 146 valence electrons. The summed E-state index contributed by atoms with van der Waals surface area (Å²) in [6.45, 7) is 4.42. The number of fused-ring (bicyclic) bond motifs is 1. The van der Waals surface area contributed by atoms with E-state index in [1.807, 2.05) is 31.2 Å². The largest absolute Gasteiger partial charge is 0.399 e. The van der Waals surface area contributed by atoms with Crippen LogP contribution in [-0.2, 0) is 4.84 Å². The van der Waals surface area contributed by atoms with Gasteiger partial charge in [0.1, 0.15) is 12.8 Å². The number of nitrogens with zero attached hydrogens (tertiary/aromatic N) is 5. The SMILES string of the molecule is CCCC(=NOC)c1cc(-c2cccnc2)cc2nc(NC(=O)NCC)nn12. The smallest absolute Gasteiger partial charge is 0.321 e. The maximum absolute atomic E-state index is 11.8. The van der Waals surface area contributed by atoms with E-state index in [0.29, 0.717) is 18.6 Å². The molecular weight excluding hydrogens is 358 g/mol. The van der Waals surface area contributed by atoms with Crippen molar-refractivity contribution in [1.29, 1.82) is 0 Å². The molecule has 3 aromatic heterocycles. The van der Waals surface area contributed by atoms with Gasteiger partial charge in [-0.25, -0.2) is 9.31 Å². The summed E-state index contributed by atoms with van der Waals surface area (Å²) in [5.74, 6) is 0.212. The third-order valence-corrected chi connectivity index (χ3v) is 3.98. The van der Waals surface area contributed by atoms with Crippen LogP contribution in [0.25, 0.3) is 16.8 Å². The van der Waals surface area contributed by atoms with E-state index in [9.17, 15) is 4.79 Å². The third kappa shape index (κ3) is 4.25. The van der Waals surface area contributed by atoms with Crippen LogP contribution in [0.3, 0.4) is 0 Å². The Balaban J connectivity index is 2.14. The van der Waals surface area contributed by atoms with Gasteiger partial charge in [-0.05, 0) is 37.1 Å². The van der Waals surface area contributed by atoms with Gasteiger partial charge in [0, 0.05) is 24.5 Å². The molecule has 0 unspecified atom stereocenters. The van der Waals surface area contributed by atoms with Gasteiger partial charge in [-0.3, -0.25) is 10.3 Å². The number of oxime groups is 1. The van der Waals surface area contributed by atoms with Gasteiger partial charge in [-0.15, -0.1) is 5.10 Å². The first-order chi connectivity index (χ1) is 13.7. The lowest BCUT2D eigenvalue weighted by Crippen LogP contribution is -2.28. The van der Waals surface area contributed by atoms with Gasteiger partial charge in [0.15, 0.2) is 5.65 Å². The first-order valence-corrected chi connectivity index (χ1v) is 9.12. The molecule has 0 aliphatic heterocycles. The lowest BCUT2D eigenvalue weighted by Gasteiger charge is -2.09. The molecule has 2 amide bonds. The van der Waals surface area contributed by atoms with Crippen molar-refractivity contribution in [2.24, 2.45) is 5.16 Å². The van der Waals surface area contributed by atoms with Crippen LogP contribution in [0.15, 0.2) is 41.8 Å². The Morgan fingerprint density at radius 1 is 1.29 bits per heavy atom. The summed E-state index contributed by atoms with van der Waals surface area (Å²) >= 11 is 0. The molecule has 0 spiro atoms. The van der Waals surface area contributed by atoms with E-state index in [-0.39, 0.29) is 12.0 Å². The Bertz CT molecular complexity index is 983. The summed E-state index contributed by atoms with van der Waals surface area (Å²) < 4.78 is 1.66. The second kappa shape index (κ2) is 8.94. The fourth-order valence-corrected chi connectivity index (χ4v) is 2.82. The van der Waals surface area contributed by atoms with Crippen LogP contribution >= 0.6 is 0 Å². The second-order valence-electron chi connectivity index (χ2n) is 6.03. The Morgan fingerprint density at radius 2 is 2.14 bits per heavy atom. The summed E-state index contributed by atoms with van der Waals surface area (Å²) in [6, 6.07) is 7.36. The molecule has 0 saturated carbocycles. The van der Waals surface area contributed by atoms with Crippen molar-refractivity contribution in [1.82, 2.24) is 24.9 Å². The van der Waals surface area contributed by atoms with Crippen molar-refractivity contribution in [3.05, 3.63) is 42.4 Å². The van der Waals surface area contributed by atoms with Crippen LogP contribution in [0.4, 0.5) is 10.7 Å². The molecule has 3 heterocycles. The summed E-state index contributed by atoms with van der Waals surface area (Å²) in [5, 5.41) is 13.9. The number of anilines is 1. The van der Waals surface area contributed by atoms with Crippen LogP contribution in [0, 0.1) is 0 Å². The third-order valence-electron chi connectivity index (χ3n) is 3.98. The maximum Gasteiger partial charge on any atom is 0.321 e. The fraction of sp³-hybridized carbons (Fsp3) is 0.316. The number of aromatic nitrogens is 4. The van der Waals surface area contributed by atoms with Crippen LogP contribution in [0.5, 0.6) is 0 Å². The Kier molecular flexibility index (Phi) is 6.15. The molecule has 0 atom stereocenters. The van der Waals surface area contributed by atoms with E-state index in [4.69, 9.17) is 4.84 Å². The highest BCUT2D eigenvalue weighted by Gasteiger charge is 2.16. The van der Waals surface area contributed by atoms with Gasteiger partial charge in [0.2, 0.25) is 0 Å². The predicted molar refractivity (Wildman–Crippen MR) is 107 cm³/mol. The highest BCUT2D eigenvalue weighted by atomic mass is 16.6. The molecule has 28 heavy (non-hydrogen) atoms. The summed E-state index contributed by atoms with van der Waals surface area (Å²) in [5.41, 5.74) is 3.95. The summed E-state index contributed by atoms with van der Waals surface area (Å²) in [6.07, 6.45) is 5.11. The molecular formula is C19H23N7O2. The first-order valence-electron chi connectivity index (χ1n) is 9.12. The molecule has 3 aromatic rings. The number of rotatable bonds is 7. The van der Waals surface area contributed by atoms with Gasteiger partial charge >= 0.3 is 6.03 Å². The first kappa shape index (κ1) is 19.3. The van der Waals surface area contributed by atoms with Crippen molar-refractivity contribution >= 4 is 23.3 Å². The predicted octanol–water partition coefficient (Wildman–Crippen LogP) is 3.08. The highest BCUT2D eigenvalue weighted by Crippen LogP contribution is 2.23. The van der Waals surface area contributed by atoms with E-state index in [1.165, 1.54) is 7.11 Å². The molecule has 0 saturated heterocycles. The van der Waals surface area contributed by atoms with Gasteiger partial charge in [-0.1, -0.05) is 24.6 Å². The van der Waals surface area contributed by atoms with E-state index < -0.39 is 0 Å². The van der Waals surface area contributed by atoms with E-state index in [2.05, 4.69) is 37.8 Å². The van der Waals surface area contributed by atoms with E-state index in [0.717, 1.165) is 29.0 Å². The van der Waals surface area contributed by atoms with Gasteiger partial charge in [0.05, 0.1) is 5.69 Å². The van der Waals surface area contributed by atoms with Crippen molar-refractivity contribution in [3.63, 3.8) is 0 Å². The zero-order chi connectivity index (χ0) is 19.9. The van der Waals surface area contributed by atoms with Gasteiger partial charge in [0.25, 0.3) is 5.95 Å². The number of amides is 2. The molecule has 0 aliphatic carbocycles. The van der Waals surface area contributed by atoms with Crippen molar-refractivity contribution < 1.29 is 9.63 Å². The average molecular weight is 381 g/mol. The normalized spacial score (nSPS) is 11.5. The van der Waals surface area contributed by atoms with Gasteiger partial charge in [-0.2, -0.15) is 4.98 Å². The van der Waals surface area contributed by atoms with Crippen LogP contribution < -0.4 is 10.6 Å². The number of pyridine rings is 2. The minimum absolute atomic E-state index is 0.212. The van der Waals surface area contributed by atoms with Crippen molar-refractivity contribution in [2.45, 2.75) is 26.7 Å². The minimum atomic E-state index is -0.355. The average Bonchev–Trinajstić information content (AvgIpc) is 3.10. The highest BCUT2D eigenvalue weighted by molar-refractivity contribution is 6.00. The van der Waals surface area contributed by atoms with Crippen molar-refractivity contribution in [2.75, 3.05) is 19.0 Å². The molecule has 2 N–H and O–H groups in total. The second-order valence-corrected chi connectivity index (χ2v) is 6.03. The lowest BCUT2D eigenvalue weighted by molar-refractivity contribution is 0.212. The fourth-order valence-electron chi connectivity index (χ4n) is 2.82.